The van der Waals surface area contributed by atoms with E-state index >= 15 is 8.78 Å². The molecule has 17 heteroatoms. The lowest BCUT2D eigenvalue weighted by Crippen LogP contribution is -2.76. The number of ether oxygens (including phenoxy) is 2. The number of hydrogen-bond donors (Lipinski definition) is 6. The summed E-state index contributed by atoms with van der Waals surface area (Å²) in [5.74, 6) is -5.98. The van der Waals surface area contributed by atoms with Crippen LogP contribution in [0.2, 0.25) is 0 Å². The van der Waals surface area contributed by atoms with Gasteiger partial charge in [-0.1, -0.05) is 53.2 Å². The molecule has 1 unspecified atom stereocenters. The molecular weight excluding hydrogens is 876 g/mol. The number of carbonyl (C=O) groups is 6. The van der Waals surface area contributed by atoms with Crippen molar-refractivity contribution in [2.75, 3.05) is 18.5 Å². The first kappa shape index (κ1) is 44.7. The van der Waals surface area contributed by atoms with Crippen molar-refractivity contribution in [3.8, 4) is 0 Å². The zero-order chi connectivity index (χ0) is 44.8. The van der Waals surface area contributed by atoms with Crippen molar-refractivity contribution in [1.82, 2.24) is 16.0 Å². The lowest BCUT2D eigenvalue weighted by molar-refractivity contribution is -0.324. The highest BCUT2D eigenvalue weighted by Crippen LogP contribution is 2.73. The molecule has 336 valence electrons. The summed E-state index contributed by atoms with van der Waals surface area (Å²) in [7, 11) is 0. The number of carboxylic acid groups (broad SMARTS) is 1. The Bertz CT molecular complexity index is 2120. The number of carbonyl (C=O) groups excluding carboxylic acids is 5. The Morgan fingerprint density at radius 2 is 1.71 bits per heavy atom. The second-order valence-corrected chi connectivity index (χ2v) is 20.1. The standard InChI is InChI=1S/C45H54BrF2N3O11/c1-23-27-13-28-29-14-31(47)30-12-26(53)10-11-40(30,2)44(29,48)33(54)16-41(28,3)45(27,34(55)19-52)62-39(61-23)25-6-4-24(5-7-25)15-42-20-43(21-42,22-42)51-38(60)32(8-9-37(58)59)50-36(57)18-49-35(56)17-46/h4-7,10-12,23,27-29,31-33,39,52,54H,8-9,13-22H2,1-3H3,(H,49,56)(H,50,57)(H,51,60)(H,58,59)/t23?,27-,28-,29-,31-,32-,33-,39+,40-,41-,42?,43?,44-,45-/m0/s1. The first-order valence-electron chi connectivity index (χ1n) is 21.4. The maximum absolute atomic E-state index is 17.9. The van der Waals surface area contributed by atoms with E-state index in [1.165, 1.54) is 19.1 Å². The van der Waals surface area contributed by atoms with Crippen molar-refractivity contribution in [2.24, 2.45) is 34.0 Å². The van der Waals surface area contributed by atoms with Gasteiger partial charge in [-0.2, -0.15) is 0 Å². The molecule has 6 N–H and O–H groups in total. The fraction of sp³-hybridized carbons (Fsp3) is 0.644. The third-order valence-corrected chi connectivity index (χ3v) is 16.4. The number of aliphatic hydroxyl groups is 2. The number of nitrogens with one attached hydrogen (secondary N) is 3. The lowest BCUT2D eigenvalue weighted by Gasteiger charge is -2.71. The largest absolute Gasteiger partial charge is 0.481 e. The van der Waals surface area contributed by atoms with Crippen LogP contribution in [0.15, 0.2) is 48.1 Å². The number of alkyl halides is 3. The minimum Gasteiger partial charge on any atom is -0.481 e. The molecule has 1 saturated heterocycles. The summed E-state index contributed by atoms with van der Waals surface area (Å²) in [6.07, 6.45) is 0.853. The lowest BCUT2D eigenvalue weighted by atomic mass is 9.38. The Balaban J connectivity index is 0.950. The number of benzene rings is 1. The average Bonchev–Trinajstić information content (AvgIpc) is 3.47. The van der Waals surface area contributed by atoms with Gasteiger partial charge in [-0.05, 0) is 99.8 Å². The topological polar surface area (TPSA) is 218 Å². The van der Waals surface area contributed by atoms with E-state index in [1.807, 2.05) is 31.2 Å². The van der Waals surface area contributed by atoms with Crippen molar-refractivity contribution in [2.45, 2.75) is 126 Å². The number of amides is 3. The normalized spacial score (nSPS) is 41.4. The molecule has 12 atom stereocenters. The second-order valence-electron chi connectivity index (χ2n) is 19.5. The second kappa shape index (κ2) is 15.7. The Kier molecular flexibility index (Phi) is 11.3. The maximum atomic E-state index is 17.9. The van der Waals surface area contributed by atoms with Crippen LogP contribution in [-0.2, 0) is 44.7 Å². The van der Waals surface area contributed by atoms with E-state index in [1.54, 1.807) is 6.92 Å². The number of ketones is 2. The van der Waals surface area contributed by atoms with Crippen LogP contribution in [0, 0.1) is 34.0 Å². The van der Waals surface area contributed by atoms with Crippen LogP contribution in [0.5, 0.6) is 0 Å². The van der Waals surface area contributed by atoms with Crippen LogP contribution in [0.1, 0.15) is 89.6 Å². The number of rotatable bonds is 14. The van der Waals surface area contributed by atoms with Gasteiger partial charge in [-0.15, -0.1) is 0 Å². The van der Waals surface area contributed by atoms with Gasteiger partial charge in [0.25, 0.3) is 0 Å². The average molecular weight is 931 g/mol. The van der Waals surface area contributed by atoms with Gasteiger partial charge in [0.1, 0.15) is 24.4 Å². The first-order chi connectivity index (χ1) is 29.2. The zero-order valence-corrected chi connectivity index (χ0v) is 36.5. The van der Waals surface area contributed by atoms with E-state index < -0.39 is 118 Å². The Labute approximate surface area is 366 Å². The quantitative estimate of drug-likeness (QED) is 0.149. The molecule has 1 heterocycles. The van der Waals surface area contributed by atoms with E-state index in [2.05, 4.69) is 31.9 Å². The van der Waals surface area contributed by atoms with Crippen molar-refractivity contribution in [3.63, 3.8) is 0 Å². The van der Waals surface area contributed by atoms with Crippen molar-refractivity contribution < 1.29 is 62.3 Å². The first-order valence-corrected chi connectivity index (χ1v) is 22.5. The van der Waals surface area contributed by atoms with Gasteiger partial charge < -0.3 is 40.7 Å². The highest BCUT2D eigenvalue weighted by molar-refractivity contribution is 9.09. The third-order valence-electron chi connectivity index (χ3n) is 15.9. The summed E-state index contributed by atoms with van der Waals surface area (Å²) < 4.78 is 47.3. The van der Waals surface area contributed by atoms with Crippen molar-refractivity contribution in [1.29, 1.82) is 0 Å². The summed E-state index contributed by atoms with van der Waals surface area (Å²) in [5.41, 5.74) is -5.76. The fourth-order valence-corrected chi connectivity index (χ4v) is 13.5. The Hall–Kier alpha value is -3.90. The summed E-state index contributed by atoms with van der Waals surface area (Å²) in [6, 6.07) is 6.49. The molecule has 1 aliphatic heterocycles. The molecule has 14 nitrogen and oxygen atoms in total. The Morgan fingerprint density at radius 1 is 1.02 bits per heavy atom. The fourth-order valence-electron chi connectivity index (χ4n) is 13.3. The summed E-state index contributed by atoms with van der Waals surface area (Å²) in [5, 5.41) is 39.6. The van der Waals surface area contributed by atoms with Crippen LogP contribution >= 0.6 is 15.9 Å². The molecule has 8 aliphatic rings. The van der Waals surface area contributed by atoms with Gasteiger partial charge in [-0.25, -0.2) is 8.78 Å². The minimum atomic E-state index is -2.35. The molecule has 1 aromatic rings. The van der Waals surface area contributed by atoms with Crippen LogP contribution < -0.4 is 16.0 Å². The smallest absolute Gasteiger partial charge is 0.303 e. The zero-order valence-electron chi connectivity index (χ0n) is 34.9. The molecule has 62 heavy (non-hydrogen) atoms. The summed E-state index contributed by atoms with van der Waals surface area (Å²) in [4.78, 5) is 75.0. The van der Waals surface area contributed by atoms with Crippen LogP contribution in [-0.4, -0.2) is 110 Å². The SMILES string of the molecule is CC1O[C@@H](c2ccc(CC34CC(NC(=O)[C@H](CCC(=O)O)NC(=O)CNC(=O)CBr)(C3)C4)cc2)O[C@]2(C(=O)CO)[C@H]1C[C@H]1[C@@H]3C[C@H](F)C4=CC(=O)C=C[C@]4(C)[C@@]3(F)[C@@H](O)C[C@@]12C. The summed E-state index contributed by atoms with van der Waals surface area (Å²) in [6.45, 7) is 3.91. The molecule has 0 spiro atoms. The Morgan fingerprint density at radius 3 is 2.35 bits per heavy atom. The van der Waals surface area contributed by atoms with Crippen LogP contribution in [0.4, 0.5) is 8.78 Å². The molecule has 7 fully saturated rings. The number of fused-ring (bicyclic) bond motifs is 7. The maximum Gasteiger partial charge on any atom is 0.303 e. The minimum absolute atomic E-state index is 0.000489. The van der Waals surface area contributed by atoms with Gasteiger partial charge in [0, 0.05) is 40.2 Å². The van der Waals surface area contributed by atoms with E-state index in [9.17, 15) is 44.1 Å². The number of carboxylic acids is 1. The molecule has 0 aromatic heterocycles. The number of allylic oxidation sites excluding steroid dienone is 4. The van der Waals surface area contributed by atoms with E-state index in [4.69, 9.17) is 9.47 Å². The molecule has 1 aromatic carbocycles. The van der Waals surface area contributed by atoms with Gasteiger partial charge in [0.2, 0.25) is 17.7 Å². The van der Waals surface area contributed by atoms with E-state index in [0.717, 1.165) is 11.6 Å². The predicted molar refractivity (Wildman–Crippen MR) is 220 cm³/mol. The highest BCUT2D eigenvalue weighted by Gasteiger charge is 2.79. The number of halogens is 3. The van der Waals surface area contributed by atoms with Gasteiger partial charge in [0.05, 0.1) is 24.1 Å². The summed E-state index contributed by atoms with van der Waals surface area (Å²) >= 11 is 2.99. The number of Topliss-reactive ketones (excluding diaryl/α,β-unsaturated/α-hetero) is 1. The number of hydrogen-bond acceptors (Lipinski definition) is 10. The van der Waals surface area contributed by atoms with Crippen LogP contribution in [0.3, 0.4) is 0 Å². The van der Waals surface area contributed by atoms with Gasteiger partial charge in [-0.3, -0.25) is 28.8 Å². The van der Waals surface area contributed by atoms with E-state index in [-0.39, 0.29) is 55.0 Å². The molecule has 7 aliphatic carbocycles. The molecular formula is C45H54BrF2N3O11. The van der Waals surface area contributed by atoms with Crippen LogP contribution in [0.25, 0.3) is 0 Å². The number of aliphatic carboxylic acids is 1. The number of aliphatic hydroxyl groups excluding tert-OH is 2. The monoisotopic (exact) mass is 929 g/mol. The predicted octanol–water partition coefficient (Wildman–Crippen LogP) is 3.41. The van der Waals surface area contributed by atoms with Crippen molar-refractivity contribution >= 4 is 51.2 Å². The molecule has 6 saturated carbocycles. The molecule has 3 amide bonds. The van der Waals surface area contributed by atoms with Gasteiger partial charge >= 0.3 is 5.97 Å². The third kappa shape index (κ3) is 6.81. The molecule has 9 rings (SSSR count). The van der Waals surface area contributed by atoms with Crippen molar-refractivity contribution in [3.05, 3.63) is 59.2 Å². The van der Waals surface area contributed by atoms with Gasteiger partial charge in [0.15, 0.2) is 23.5 Å². The van der Waals surface area contributed by atoms with E-state index in [0.29, 0.717) is 31.2 Å². The molecule has 2 bridgehead atoms. The molecule has 0 radical (unpaired) electrons. The highest BCUT2D eigenvalue weighted by atomic mass is 79.9.